The van der Waals surface area contributed by atoms with Crippen molar-refractivity contribution >= 4 is 8.32 Å². The summed E-state index contributed by atoms with van der Waals surface area (Å²) < 4.78 is 12.9. The Balaban J connectivity index is 0.000000641. The molecular formula is C30H49NO3Si. The van der Waals surface area contributed by atoms with E-state index in [4.69, 9.17) is 14.3 Å². The predicted octanol–water partition coefficient (Wildman–Crippen LogP) is 8.21. The minimum absolute atomic E-state index is 0.0928. The Morgan fingerprint density at radius 3 is 2.06 bits per heavy atom. The van der Waals surface area contributed by atoms with Crippen molar-refractivity contribution in [1.82, 2.24) is 4.98 Å². The summed E-state index contributed by atoms with van der Waals surface area (Å²) in [5.41, 5.74) is 5.25. The van der Waals surface area contributed by atoms with Gasteiger partial charge in [-0.05, 0) is 70.6 Å². The monoisotopic (exact) mass is 499 g/mol. The lowest BCUT2D eigenvalue weighted by molar-refractivity contribution is 0.177. The molecule has 0 bridgehead atoms. The molecule has 35 heavy (non-hydrogen) atoms. The van der Waals surface area contributed by atoms with Gasteiger partial charge in [-0.15, -0.1) is 0 Å². The maximum atomic E-state index is 8.40. The van der Waals surface area contributed by atoms with Crippen LogP contribution in [0.2, 0.25) is 18.1 Å². The lowest BCUT2D eigenvalue weighted by Crippen LogP contribution is -2.41. The summed E-state index contributed by atoms with van der Waals surface area (Å²) in [6.45, 7) is 25.0. The largest absolute Gasteiger partial charge is 0.477 e. The van der Waals surface area contributed by atoms with Crippen molar-refractivity contribution in [2.45, 2.75) is 99.4 Å². The molecule has 2 aromatic rings. The Labute approximate surface area is 215 Å². The molecule has 1 aromatic carbocycles. The van der Waals surface area contributed by atoms with Gasteiger partial charge in [0.2, 0.25) is 5.88 Å². The number of ether oxygens (including phenoxy) is 1. The predicted molar refractivity (Wildman–Crippen MR) is 151 cm³/mol. The number of aliphatic hydroxyl groups is 1. The van der Waals surface area contributed by atoms with Gasteiger partial charge in [0.15, 0.2) is 8.32 Å². The molecule has 0 radical (unpaired) electrons. The maximum Gasteiger partial charge on any atom is 0.221 e. The number of pyridine rings is 1. The van der Waals surface area contributed by atoms with E-state index in [9.17, 15) is 0 Å². The summed E-state index contributed by atoms with van der Waals surface area (Å²) in [6, 6.07) is 10.7. The number of hydrogen-bond donors (Lipinski definition) is 1. The van der Waals surface area contributed by atoms with Gasteiger partial charge in [0.05, 0.1) is 12.7 Å². The molecule has 0 saturated carbocycles. The lowest BCUT2D eigenvalue weighted by atomic mass is 9.97. The second kappa shape index (κ2) is 11.1. The van der Waals surface area contributed by atoms with Crippen LogP contribution in [0.1, 0.15) is 86.0 Å². The Morgan fingerprint density at radius 2 is 1.51 bits per heavy atom. The fourth-order valence-corrected chi connectivity index (χ4v) is 4.83. The average Bonchev–Trinajstić information content (AvgIpc) is 3.13. The molecule has 5 heteroatoms. The van der Waals surface area contributed by atoms with Gasteiger partial charge in [0.25, 0.3) is 0 Å². The van der Waals surface area contributed by atoms with Gasteiger partial charge in [0.1, 0.15) is 0 Å². The summed E-state index contributed by atoms with van der Waals surface area (Å²) >= 11 is 0. The zero-order valence-electron chi connectivity index (χ0n) is 24.1. The number of aromatic nitrogens is 1. The SMILES string of the molecule is CC(C)(C)CO.CC(C)(C)COc1ncccc1-c1cccc2c1CC[C@@H]2O[Si](C)(C)C(C)(C)C. The van der Waals surface area contributed by atoms with E-state index in [1.807, 2.05) is 33.0 Å². The van der Waals surface area contributed by atoms with Crippen molar-refractivity contribution in [3.63, 3.8) is 0 Å². The second-order valence-electron chi connectivity index (χ2n) is 13.7. The zero-order chi connectivity index (χ0) is 26.7. The average molecular weight is 500 g/mol. The van der Waals surface area contributed by atoms with Crippen LogP contribution in [0, 0.1) is 10.8 Å². The molecule has 196 valence electrons. The van der Waals surface area contributed by atoms with Gasteiger partial charge in [-0.2, -0.15) is 0 Å². The molecule has 0 saturated heterocycles. The van der Waals surface area contributed by atoms with Gasteiger partial charge in [0, 0.05) is 18.4 Å². The van der Waals surface area contributed by atoms with Crippen molar-refractivity contribution < 1.29 is 14.3 Å². The number of hydrogen-bond acceptors (Lipinski definition) is 4. The van der Waals surface area contributed by atoms with Gasteiger partial charge < -0.3 is 14.3 Å². The van der Waals surface area contributed by atoms with Crippen LogP contribution in [0.25, 0.3) is 11.1 Å². The topological polar surface area (TPSA) is 51.6 Å². The van der Waals surface area contributed by atoms with Crippen LogP contribution in [0.3, 0.4) is 0 Å². The lowest BCUT2D eigenvalue weighted by Gasteiger charge is -2.38. The fraction of sp³-hybridized carbons (Fsp3) is 0.633. The number of benzene rings is 1. The summed E-state index contributed by atoms with van der Waals surface area (Å²) in [5, 5.41) is 8.62. The number of rotatable bonds is 5. The fourth-order valence-electron chi connectivity index (χ4n) is 3.52. The third-order valence-corrected chi connectivity index (χ3v) is 11.1. The molecule has 0 spiro atoms. The van der Waals surface area contributed by atoms with Crippen LogP contribution in [-0.2, 0) is 10.8 Å². The van der Waals surface area contributed by atoms with E-state index in [2.05, 4.69) is 83.9 Å². The number of aliphatic hydroxyl groups excluding tert-OH is 1. The van der Waals surface area contributed by atoms with E-state index in [0.29, 0.717) is 6.61 Å². The quantitative estimate of drug-likeness (QED) is 0.421. The third-order valence-electron chi connectivity index (χ3n) is 6.64. The van der Waals surface area contributed by atoms with Crippen LogP contribution >= 0.6 is 0 Å². The molecule has 3 rings (SSSR count). The summed E-state index contributed by atoms with van der Waals surface area (Å²) in [6.07, 6.45) is 4.10. The van der Waals surface area contributed by atoms with Gasteiger partial charge in [-0.3, -0.25) is 0 Å². The standard InChI is InChI=1S/C25H37NO2Si.C5H12O/c1-24(2,3)17-27-23-21(13-10-16-26-23)18-11-9-12-20-19(18)14-15-22(20)28-29(7,8)25(4,5)6;1-5(2,3)4-6/h9-13,16,22H,14-15,17H2,1-8H3;6H,4H2,1-3H3/t22-;/m0./s1. The van der Waals surface area contributed by atoms with Crippen molar-refractivity contribution in [2.24, 2.45) is 10.8 Å². The zero-order valence-corrected chi connectivity index (χ0v) is 25.1. The van der Waals surface area contributed by atoms with E-state index < -0.39 is 8.32 Å². The molecule has 1 aliphatic carbocycles. The molecule has 0 fully saturated rings. The minimum Gasteiger partial charge on any atom is -0.477 e. The Bertz CT molecular complexity index is 965. The minimum atomic E-state index is -1.82. The molecule has 1 N–H and O–H groups in total. The third kappa shape index (κ3) is 8.44. The second-order valence-corrected chi connectivity index (χ2v) is 18.5. The highest BCUT2D eigenvalue weighted by Crippen LogP contribution is 2.46. The number of fused-ring (bicyclic) bond motifs is 1. The van der Waals surface area contributed by atoms with E-state index in [1.165, 1.54) is 16.7 Å². The van der Waals surface area contributed by atoms with Crippen molar-refractivity contribution in [3.05, 3.63) is 47.7 Å². The van der Waals surface area contributed by atoms with E-state index in [1.54, 1.807) is 0 Å². The number of nitrogens with zero attached hydrogens (tertiary/aromatic N) is 1. The highest BCUT2D eigenvalue weighted by molar-refractivity contribution is 6.74. The molecule has 0 amide bonds. The summed E-state index contributed by atoms with van der Waals surface area (Å²) in [5.74, 6) is 0.726. The van der Waals surface area contributed by atoms with Crippen molar-refractivity contribution in [2.75, 3.05) is 13.2 Å². The van der Waals surface area contributed by atoms with E-state index in [0.717, 1.165) is 24.3 Å². The molecular weight excluding hydrogens is 450 g/mol. The maximum absolute atomic E-state index is 8.40. The van der Waals surface area contributed by atoms with E-state index >= 15 is 0 Å². The molecule has 4 nitrogen and oxygen atoms in total. The van der Waals surface area contributed by atoms with Crippen LogP contribution in [0.4, 0.5) is 0 Å². The normalized spacial score (nSPS) is 16.4. The van der Waals surface area contributed by atoms with Crippen molar-refractivity contribution in [3.8, 4) is 17.0 Å². The highest BCUT2D eigenvalue weighted by atomic mass is 28.4. The molecule has 0 unspecified atom stereocenters. The molecule has 0 aliphatic heterocycles. The smallest absolute Gasteiger partial charge is 0.221 e. The summed E-state index contributed by atoms with van der Waals surface area (Å²) in [4.78, 5) is 4.55. The first-order valence-corrected chi connectivity index (χ1v) is 15.8. The highest BCUT2D eigenvalue weighted by Gasteiger charge is 2.41. The molecule has 1 aliphatic rings. The van der Waals surface area contributed by atoms with Crippen LogP contribution in [0.15, 0.2) is 36.5 Å². The van der Waals surface area contributed by atoms with Crippen LogP contribution in [0.5, 0.6) is 5.88 Å². The Hall–Kier alpha value is -1.69. The van der Waals surface area contributed by atoms with Crippen LogP contribution < -0.4 is 4.74 Å². The first-order chi connectivity index (χ1) is 16.0. The van der Waals surface area contributed by atoms with Crippen molar-refractivity contribution in [1.29, 1.82) is 0 Å². The van der Waals surface area contributed by atoms with Crippen LogP contribution in [-0.4, -0.2) is 31.6 Å². The van der Waals surface area contributed by atoms with Gasteiger partial charge in [-0.1, -0.05) is 80.5 Å². The van der Waals surface area contributed by atoms with Gasteiger partial charge in [-0.25, -0.2) is 4.98 Å². The van der Waals surface area contributed by atoms with Gasteiger partial charge >= 0.3 is 0 Å². The first kappa shape index (κ1) is 29.5. The summed E-state index contributed by atoms with van der Waals surface area (Å²) in [7, 11) is -1.82. The molecule has 1 heterocycles. The Kier molecular flexibility index (Phi) is 9.40. The molecule has 1 atom stereocenters. The Morgan fingerprint density at radius 1 is 0.914 bits per heavy atom. The first-order valence-electron chi connectivity index (χ1n) is 12.9. The van der Waals surface area contributed by atoms with E-state index in [-0.39, 0.29) is 28.6 Å². The molecule has 1 aromatic heterocycles.